The number of nitrogens with one attached hydrogen (secondary N) is 1. The number of carbonyl (C=O) groups is 2. The van der Waals surface area contributed by atoms with Crippen LogP contribution in [-0.4, -0.2) is 27.8 Å². The molecule has 0 bridgehead atoms. The van der Waals surface area contributed by atoms with E-state index in [0.29, 0.717) is 16.8 Å². The molecule has 1 heterocycles. The first kappa shape index (κ1) is 24.8. The van der Waals surface area contributed by atoms with E-state index in [1.54, 1.807) is 35.2 Å². The number of fused-ring (bicyclic) bond motifs is 1. The lowest BCUT2D eigenvalue weighted by Crippen LogP contribution is -2.26. The maximum atomic E-state index is 13.8. The number of para-hydroxylation sites is 1. The number of rotatable bonds is 5. The van der Waals surface area contributed by atoms with Crippen LogP contribution in [0.25, 0.3) is 11.1 Å². The third-order valence-corrected chi connectivity index (χ3v) is 7.16. The SMILES string of the molecule is Cc1cccc(N2C(=O)C(=NNc3cccc(-c4cccc(C(=O)O)c4)c3O)c3c2ccc(C)c3C)c1C. The molecule has 0 atom stereocenters. The molecule has 1 aliphatic heterocycles. The number of anilines is 3. The van der Waals surface area contributed by atoms with Crippen LogP contribution in [0, 0.1) is 27.7 Å². The Balaban J connectivity index is 1.58. The number of carbonyl (C=O) groups excluding carboxylic acids is 1. The summed E-state index contributed by atoms with van der Waals surface area (Å²) in [5.41, 5.74) is 10.9. The third kappa shape index (κ3) is 4.08. The molecule has 190 valence electrons. The van der Waals surface area contributed by atoms with Gasteiger partial charge in [-0.15, -0.1) is 0 Å². The predicted molar refractivity (Wildman–Crippen MR) is 150 cm³/mol. The van der Waals surface area contributed by atoms with Crippen molar-refractivity contribution in [1.82, 2.24) is 0 Å². The second-order valence-electron chi connectivity index (χ2n) is 9.42. The quantitative estimate of drug-likeness (QED) is 0.213. The molecule has 4 aromatic rings. The number of hydrogen-bond donors (Lipinski definition) is 3. The van der Waals surface area contributed by atoms with E-state index < -0.39 is 5.97 Å². The zero-order chi connectivity index (χ0) is 27.1. The zero-order valence-corrected chi connectivity index (χ0v) is 21.5. The first-order valence-electron chi connectivity index (χ1n) is 12.2. The van der Waals surface area contributed by atoms with E-state index in [-0.39, 0.29) is 22.9 Å². The van der Waals surface area contributed by atoms with Gasteiger partial charge in [0.2, 0.25) is 0 Å². The second-order valence-corrected chi connectivity index (χ2v) is 9.42. The Kier molecular flexibility index (Phi) is 6.20. The Morgan fingerprint density at radius 3 is 2.32 bits per heavy atom. The monoisotopic (exact) mass is 505 g/mol. The summed E-state index contributed by atoms with van der Waals surface area (Å²) in [6.07, 6.45) is 0. The lowest BCUT2D eigenvalue weighted by molar-refractivity contribution is -0.111. The second kappa shape index (κ2) is 9.52. The van der Waals surface area contributed by atoms with Gasteiger partial charge in [-0.3, -0.25) is 15.1 Å². The molecule has 3 N–H and O–H groups in total. The first-order valence-corrected chi connectivity index (χ1v) is 12.2. The molecule has 0 spiro atoms. The lowest BCUT2D eigenvalue weighted by Gasteiger charge is -2.21. The van der Waals surface area contributed by atoms with Crippen LogP contribution in [0.4, 0.5) is 17.1 Å². The maximum absolute atomic E-state index is 13.8. The summed E-state index contributed by atoms with van der Waals surface area (Å²) in [4.78, 5) is 26.9. The van der Waals surface area contributed by atoms with E-state index in [4.69, 9.17) is 0 Å². The average molecular weight is 506 g/mol. The minimum atomic E-state index is -1.05. The number of aromatic carboxylic acids is 1. The van der Waals surface area contributed by atoms with Gasteiger partial charge in [-0.2, -0.15) is 5.10 Å². The van der Waals surface area contributed by atoms with Crippen molar-refractivity contribution in [3.63, 3.8) is 0 Å². The van der Waals surface area contributed by atoms with Gasteiger partial charge in [0.15, 0.2) is 5.71 Å². The van der Waals surface area contributed by atoms with Gasteiger partial charge < -0.3 is 10.2 Å². The molecule has 0 aliphatic carbocycles. The highest BCUT2D eigenvalue weighted by Gasteiger charge is 2.37. The predicted octanol–water partition coefficient (Wildman–Crippen LogP) is 6.49. The number of aryl methyl sites for hydroxylation is 2. The molecular weight excluding hydrogens is 478 g/mol. The molecule has 7 nitrogen and oxygen atoms in total. The van der Waals surface area contributed by atoms with Crippen molar-refractivity contribution in [3.8, 4) is 16.9 Å². The fourth-order valence-corrected chi connectivity index (χ4v) is 4.73. The summed E-state index contributed by atoms with van der Waals surface area (Å²) in [7, 11) is 0. The minimum Gasteiger partial charge on any atom is -0.505 e. The normalized spacial score (nSPS) is 13.6. The van der Waals surface area contributed by atoms with E-state index >= 15 is 0 Å². The molecule has 5 rings (SSSR count). The summed E-state index contributed by atoms with van der Waals surface area (Å²) >= 11 is 0. The van der Waals surface area contributed by atoms with Gasteiger partial charge in [-0.1, -0.05) is 42.5 Å². The zero-order valence-electron chi connectivity index (χ0n) is 21.5. The van der Waals surface area contributed by atoms with Crippen LogP contribution < -0.4 is 10.3 Å². The van der Waals surface area contributed by atoms with Gasteiger partial charge in [0.1, 0.15) is 5.75 Å². The Morgan fingerprint density at radius 1 is 0.842 bits per heavy atom. The van der Waals surface area contributed by atoms with Gasteiger partial charge in [-0.25, -0.2) is 4.79 Å². The van der Waals surface area contributed by atoms with Crippen molar-refractivity contribution in [2.24, 2.45) is 5.10 Å². The molecule has 1 aliphatic rings. The van der Waals surface area contributed by atoms with Crippen LogP contribution in [-0.2, 0) is 4.79 Å². The highest BCUT2D eigenvalue weighted by Crippen LogP contribution is 2.41. The largest absolute Gasteiger partial charge is 0.505 e. The molecular formula is C31H27N3O4. The fourth-order valence-electron chi connectivity index (χ4n) is 4.73. The number of aromatic hydroxyl groups is 1. The molecule has 0 aromatic heterocycles. The molecule has 7 heteroatoms. The molecule has 4 aromatic carbocycles. The van der Waals surface area contributed by atoms with Crippen molar-refractivity contribution >= 4 is 34.7 Å². The van der Waals surface area contributed by atoms with Crippen molar-refractivity contribution < 1.29 is 19.8 Å². The molecule has 0 saturated heterocycles. The highest BCUT2D eigenvalue weighted by molar-refractivity contribution is 6.56. The molecule has 1 amide bonds. The van der Waals surface area contributed by atoms with Crippen molar-refractivity contribution in [2.75, 3.05) is 10.3 Å². The molecule has 0 unspecified atom stereocenters. The Labute approximate surface area is 220 Å². The Morgan fingerprint density at radius 2 is 1.55 bits per heavy atom. The number of phenols is 1. The standard InChI is InChI=1S/C31H27N3O4/c1-17-8-5-13-25(19(17)3)34-26-15-14-18(2)20(4)27(26)28(30(34)36)33-32-24-12-7-11-23(29(24)35)21-9-6-10-22(16-21)31(37)38/h5-16,32,35H,1-4H3,(H,37,38). The number of benzene rings is 4. The number of nitrogens with zero attached hydrogens (tertiary/aromatic N) is 2. The third-order valence-electron chi connectivity index (χ3n) is 7.16. The van der Waals surface area contributed by atoms with Gasteiger partial charge in [0.25, 0.3) is 5.91 Å². The highest BCUT2D eigenvalue weighted by atomic mass is 16.4. The van der Waals surface area contributed by atoms with E-state index in [0.717, 1.165) is 39.2 Å². The molecule has 0 saturated carbocycles. The smallest absolute Gasteiger partial charge is 0.335 e. The van der Waals surface area contributed by atoms with E-state index in [1.165, 1.54) is 12.1 Å². The van der Waals surface area contributed by atoms with Crippen molar-refractivity contribution in [2.45, 2.75) is 27.7 Å². The van der Waals surface area contributed by atoms with Crippen LogP contribution >= 0.6 is 0 Å². The van der Waals surface area contributed by atoms with Gasteiger partial charge >= 0.3 is 5.97 Å². The summed E-state index contributed by atoms with van der Waals surface area (Å²) in [6.45, 7) is 7.97. The number of amides is 1. The van der Waals surface area contributed by atoms with E-state index in [9.17, 15) is 19.8 Å². The topological polar surface area (TPSA) is 102 Å². The number of phenolic OH excluding ortho intramolecular Hbond substituents is 1. The van der Waals surface area contributed by atoms with Gasteiger partial charge in [-0.05, 0) is 85.8 Å². The van der Waals surface area contributed by atoms with Crippen LogP contribution in [0.5, 0.6) is 5.75 Å². The summed E-state index contributed by atoms with van der Waals surface area (Å²) in [5, 5.41) is 24.9. The molecule has 0 fully saturated rings. The van der Waals surface area contributed by atoms with Crippen LogP contribution in [0.2, 0.25) is 0 Å². The van der Waals surface area contributed by atoms with E-state index in [2.05, 4.69) is 10.5 Å². The molecule has 0 radical (unpaired) electrons. The van der Waals surface area contributed by atoms with Gasteiger partial charge in [0.05, 0.1) is 22.6 Å². The average Bonchev–Trinajstić information content (AvgIpc) is 3.18. The van der Waals surface area contributed by atoms with Gasteiger partial charge in [0, 0.05) is 11.1 Å². The number of hydrazone groups is 1. The minimum absolute atomic E-state index is 0.0996. The first-order chi connectivity index (χ1) is 18.2. The fraction of sp³-hybridized carbons (Fsp3) is 0.129. The van der Waals surface area contributed by atoms with Crippen LogP contribution in [0.15, 0.2) is 77.9 Å². The number of hydrogen-bond acceptors (Lipinski definition) is 5. The maximum Gasteiger partial charge on any atom is 0.335 e. The number of carboxylic acid groups (broad SMARTS) is 1. The van der Waals surface area contributed by atoms with Crippen LogP contribution in [0.3, 0.4) is 0 Å². The van der Waals surface area contributed by atoms with Crippen molar-refractivity contribution in [1.29, 1.82) is 0 Å². The van der Waals surface area contributed by atoms with Crippen molar-refractivity contribution in [3.05, 3.63) is 106 Å². The molecule has 38 heavy (non-hydrogen) atoms. The Hall–Kier alpha value is -4.91. The van der Waals surface area contributed by atoms with Crippen LogP contribution in [0.1, 0.15) is 38.2 Å². The lowest BCUT2D eigenvalue weighted by atomic mass is 10.00. The van der Waals surface area contributed by atoms with E-state index in [1.807, 2.05) is 58.0 Å². The number of carboxylic acids is 1. The summed E-state index contributed by atoms with van der Waals surface area (Å²) in [6, 6.07) is 21.2. The Bertz CT molecular complexity index is 1660. The summed E-state index contributed by atoms with van der Waals surface area (Å²) < 4.78 is 0. The summed E-state index contributed by atoms with van der Waals surface area (Å²) in [5.74, 6) is -1.42.